The van der Waals surface area contributed by atoms with Gasteiger partial charge in [0.15, 0.2) is 11.5 Å². The van der Waals surface area contributed by atoms with Crippen molar-refractivity contribution in [2.45, 2.75) is 24.0 Å². The van der Waals surface area contributed by atoms with Gasteiger partial charge in [0, 0.05) is 18.0 Å². The number of amides is 1. The van der Waals surface area contributed by atoms with E-state index >= 15 is 0 Å². The maximum atomic E-state index is 12.7. The number of nitrogens with one attached hydrogen (secondary N) is 1. The number of rotatable bonds is 4. The van der Waals surface area contributed by atoms with Crippen LogP contribution in [-0.2, 0) is 14.8 Å². The third kappa shape index (κ3) is 3.90. The maximum absolute atomic E-state index is 12.7. The van der Waals surface area contributed by atoms with Gasteiger partial charge < -0.3 is 5.32 Å². The van der Waals surface area contributed by atoms with E-state index in [0.717, 1.165) is 4.88 Å². The van der Waals surface area contributed by atoms with Crippen molar-refractivity contribution in [3.8, 4) is 6.07 Å². The van der Waals surface area contributed by atoms with Crippen molar-refractivity contribution in [2.75, 3.05) is 18.4 Å². The van der Waals surface area contributed by atoms with Crippen LogP contribution in [0.25, 0.3) is 0 Å². The van der Waals surface area contributed by atoms with Gasteiger partial charge in [-0.05, 0) is 31.9 Å². The SMILES string of the molecule is Cc1ccc(S(=O)(=O)N2CCCC(C(=O)Nc3cnc(C#N)cn3)C2)s1. The average Bonchev–Trinajstić information content (AvgIpc) is 3.10. The molecule has 1 unspecified atom stereocenters. The lowest BCUT2D eigenvalue weighted by atomic mass is 9.99. The number of hydrogen-bond acceptors (Lipinski definition) is 7. The largest absolute Gasteiger partial charge is 0.309 e. The van der Waals surface area contributed by atoms with Crippen molar-refractivity contribution < 1.29 is 13.2 Å². The van der Waals surface area contributed by atoms with Gasteiger partial charge in [-0.2, -0.15) is 9.57 Å². The second-order valence-corrected chi connectivity index (χ2v) is 9.41. The van der Waals surface area contributed by atoms with Crippen LogP contribution in [0.1, 0.15) is 23.4 Å². The predicted molar refractivity (Wildman–Crippen MR) is 95.9 cm³/mol. The topological polar surface area (TPSA) is 116 Å². The van der Waals surface area contributed by atoms with Gasteiger partial charge in [-0.15, -0.1) is 11.3 Å². The molecular formula is C16H17N5O3S2. The molecule has 1 fully saturated rings. The minimum Gasteiger partial charge on any atom is -0.309 e. The number of aryl methyl sites for hydroxylation is 1. The molecule has 0 aromatic carbocycles. The molecule has 1 aliphatic rings. The van der Waals surface area contributed by atoms with Crippen LogP contribution in [0.3, 0.4) is 0 Å². The van der Waals surface area contributed by atoms with Crippen LogP contribution in [0.2, 0.25) is 0 Å². The van der Waals surface area contributed by atoms with E-state index in [0.29, 0.717) is 23.6 Å². The summed E-state index contributed by atoms with van der Waals surface area (Å²) in [6, 6.07) is 5.23. The van der Waals surface area contributed by atoms with Crippen LogP contribution in [0.15, 0.2) is 28.7 Å². The number of sulfonamides is 1. The normalized spacial score (nSPS) is 18.2. The summed E-state index contributed by atoms with van der Waals surface area (Å²) in [6.45, 7) is 2.39. The van der Waals surface area contributed by atoms with E-state index < -0.39 is 15.9 Å². The molecule has 0 aliphatic carbocycles. The molecule has 1 aliphatic heterocycles. The lowest BCUT2D eigenvalue weighted by molar-refractivity contribution is -0.120. The number of hydrogen-bond donors (Lipinski definition) is 1. The van der Waals surface area contributed by atoms with Crippen molar-refractivity contribution in [3.63, 3.8) is 0 Å². The van der Waals surface area contributed by atoms with E-state index in [2.05, 4.69) is 15.3 Å². The molecule has 2 aromatic rings. The first kappa shape index (κ1) is 18.4. The summed E-state index contributed by atoms with van der Waals surface area (Å²) in [5, 5.41) is 11.4. The molecule has 10 heteroatoms. The van der Waals surface area contributed by atoms with Crippen molar-refractivity contribution in [1.29, 1.82) is 5.26 Å². The molecule has 0 bridgehead atoms. The van der Waals surface area contributed by atoms with Gasteiger partial charge in [0.25, 0.3) is 10.0 Å². The molecule has 136 valence electrons. The second-order valence-electron chi connectivity index (χ2n) is 5.96. The van der Waals surface area contributed by atoms with Crippen LogP contribution in [0.4, 0.5) is 5.82 Å². The van der Waals surface area contributed by atoms with E-state index in [-0.39, 0.29) is 24.0 Å². The van der Waals surface area contributed by atoms with Gasteiger partial charge in [-0.25, -0.2) is 18.4 Å². The van der Waals surface area contributed by atoms with Crippen LogP contribution in [0, 0.1) is 24.2 Å². The Labute approximate surface area is 155 Å². The summed E-state index contributed by atoms with van der Waals surface area (Å²) in [5.41, 5.74) is 0.157. The summed E-state index contributed by atoms with van der Waals surface area (Å²) in [5.74, 6) is -0.522. The molecule has 2 aromatic heterocycles. The highest BCUT2D eigenvalue weighted by molar-refractivity contribution is 7.91. The first-order valence-electron chi connectivity index (χ1n) is 8.00. The minimum atomic E-state index is -3.58. The van der Waals surface area contributed by atoms with Gasteiger partial charge in [-0.1, -0.05) is 0 Å². The van der Waals surface area contributed by atoms with Crippen molar-refractivity contribution in [1.82, 2.24) is 14.3 Å². The number of carbonyl (C=O) groups excluding carboxylic acids is 1. The number of nitrogens with zero attached hydrogens (tertiary/aromatic N) is 4. The summed E-state index contributed by atoms with van der Waals surface area (Å²) in [7, 11) is -3.58. The lowest BCUT2D eigenvalue weighted by Gasteiger charge is -2.30. The Kier molecular flexibility index (Phi) is 5.31. The van der Waals surface area contributed by atoms with Gasteiger partial charge >= 0.3 is 0 Å². The van der Waals surface area contributed by atoms with Crippen molar-refractivity contribution in [3.05, 3.63) is 35.1 Å². The van der Waals surface area contributed by atoms with E-state index in [9.17, 15) is 13.2 Å². The number of thiophene rings is 1. The van der Waals surface area contributed by atoms with Crippen molar-refractivity contribution in [2.24, 2.45) is 5.92 Å². The van der Waals surface area contributed by atoms with Crippen LogP contribution < -0.4 is 5.32 Å². The zero-order chi connectivity index (χ0) is 18.7. The van der Waals surface area contributed by atoms with E-state index in [1.54, 1.807) is 12.1 Å². The number of piperidine rings is 1. The summed E-state index contributed by atoms with van der Waals surface area (Å²) in [6.07, 6.45) is 3.79. The van der Waals surface area contributed by atoms with Crippen molar-refractivity contribution >= 4 is 33.1 Å². The van der Waals surface area contributed by atoms with Gasteiger partial charge in [-0.3, -0.25) is 4.79 Å². The second kappa shape index (κ2) is 7.49. The monoisotopic (exact) mass is 391 g/mol. The highest BCUT2D eigenvalue weighted by atomic mass is 32.2. The fourth-order valence-electron chi connectivity index (χ4n) is 2.73. The Balaban J connectivity index is 1.69. The highest BCUT2D eigenvalue weighted by Gasteiger charge is 2.34. The molecule has 1 atom stereocenters. The average molecular weight is 391 g/mol. The molecular weight excluding hydrogens is 374 g/mol. The standard InChI is InChI=1S/C16H17N5O3S2/c1-11-4-5-15(25-11)26(23,24)21-6-2-3-12(10-21)16(22)20-14-9-18-13(7-17)8-19-14/h4-5,8-9,12H,2-3,6,10H2,1H3,(H,19,20,22). The highest BCUT2D eigenvalue weighted by Crippen LogP contribution is 2.28. The van der Waals surface area contributed by atoms with Gasteiger partial charge in [0.2, 0.25) is 5.91 Å². The lowest BCUT2D eigenvalue weighted by Crippen LogP contribution is -2.43. The van der Waals surface area contributed by atoms with Crippen LogP contribution in [-0.4, -0.2) is 41.7 Å². The summed E-state index contributed by atoms with van der Waals surface area (Å²) >= 11 is 1.23. The molecule has 1 saturated heterocycles. The van der Waals surface area contributed by atoms with Gasteiger partial charge in [0.1, 0.15) is 10.3 Å². The first-order chi connectivity index (χ1) is 12.4. The third-order valence-corrected chi connectivity index (χ3v) is 7.42. The Morgan fingerprint density at radius 3 is 2.81 bits per heavy atom. The maximum Gasteiger partial charge on any atom is 0.252 e. The Morgan fingerprint density at radius 1 is 1.38 bits per heavy atom. The fourth-order valence-corrected chi connectivity index (χ4v) is 5.69. The number of aromatic nitrogens is 2. The van der Waals surface area contributed by atoms with Crippen LogP contribution in [0.5, 0.6) is 0 Å². The Morgan fingerprint density at radius 2 is 2.19 bits per heavy atom. The molecule has 0 saturated carbocycles. The Hall–Kier alpha value is -2.35. The smallest absolute Gasteiger partial charge is 0.252 e. The van der Waals surface area contributed by atoms with E-state index in [1.807, 2.05) is 13.0 Å². The number of anilines is 1. The molecule has 0 spiro atoms. The zero-order valence-electron chi connectivity index (χ0n) is 14.0. The molecule has 1 N–H and O–H groups in total. The number of carbonyl (C=O) groups is 1. The molecule has 1 amide bonds. The number of nitriles is 1. The summed E-state index contributed by atoms with van der Waals surface area (Å²) < 4.78 is 27.2. The zero-order valence-corrected chi connectivity index (χ0v) is 15.7. The van der Waals surface area contributed by atoms with Gasteiger partial charge in [0.05, 0.1) is 18.3 Å². The van der Waals surface area contributed by atoms with Crippen LogP contribution >= 0.6 is 11.3 Å². The molecule has 0 radical (unpaired) electrons. The van der Waals surface area contributed by atoms with E-state index in [4.69, 9.17) is 5.26 Å². The third-order valence-electron chi connectivity index (χ3n) is 4.08. The molecule has 26 heavy (non-hydrogen) atoms. The minimum absolute atomic E-state index is 0.134. The van der Waals surface area contributed by atoms with E-state index in [1.165, 1.54) is 28.0 Å². The first-order valence-corrected chi connectivity index (χ1v) is 10.3. The quantitative estimate of drug-likeness (QED) is 0.849. The Bertz CT molecular complexity index is 947. The molecule has 3 heterocycles. The summed E-state index contributed by atoms with van der Waals surface area (Å²) in [4.78, 5) is 21.2. The molecule has 8 nitrogen and oxygen atoms in total. The predicted octanol–water partition coefficient (Wildman–Crippen LogP) is 1.76. The molecule has 3 rings (SSSR count). The fraction of sp³-hybridized carbons (Fsp3) is 0.375.